The van der Waals surface area contributed by atoms with E-state index in [1.54, 1.807) is 0 Å². The summed E-state index contributed by atoms with van der Waals surface area (Å²) in [6, 6.07) is 7.74. The van der Waals surface area contributed by atoms with Gasteiger partial charge in [-0.05, 0) is 24.3 Å². The molecule has 1 aliphatic rings. The molecule has 68 valence electrons. The predicted octanol–water partition coefficient (Wildman–Crippen LogP) is 2.78. The molecule has 0 spiro atoms. The van der Waals surface area contributed by atoms with Gasteiger partial charge in [-0.3, -0.25) is 5.01 Å². The van der Waals surface area contributed by atoms with Gasteiger partial charge < -0.3 is 0 Å². The molecule has 0 radical (unpaired) electrons. The zero-order chi connectivity index (χ0) is 9.26. The van der Waals surface area contributed by atoms with Gasteiger partial charge >= 0.3 is 0 Å². The van der Waals surface area contributed by atoms with E-state index in [2.05, 4.69) is 12.0 Å². The Kier molecular flexibility index (Phi) is 2.23. The van der Waals surface area contributed by atoms with E-state index < -0.39 is 0 Å². The molecule has 1 aliphatic heterocycles. The van der Waals surface area contributed by atoms with Gasteiger partial charge in [0.25, 0.3) is 0 Å². The molecule has 1 atom stereocenters. The molecule has 1 heterocycles. The summed E-state index contributed by atoms with van der Waals surface area (Å²) in [6.45, 7) is 3.11. The smallest absolute Gasteiger partial charge is 0.0595 e. The van der Waals surface area contributed by atoms with Crippen LogP contribution >= 0.6 is 11.6 Å². The van der Waals surface area contributed by atoms with E-state index in [9.17, 15) is 0 Å². The van der Waals surface area contributed by atoms with E-state index in [1.807, 2.05) is 35.5 Å². The van der Waals surface area contributed by atoms with E-state index in [4.69, 9.17) is 11.6 Å². The van der Waals surface area contributed by atoms with Crippen molar-refractivity contribution in [3.63, 3.8) is 0 Å². The van der Waals surface area contributed by atoms with Gasteiger partial charge in [-0.25, -0.2) is 0 Å². The van der Waals surface area contributed by atoms with Gasteiger partial charge in [-0.2, -0.15) is 5.10 Å². The number of benzene rings is 1. The lowest BCUT2D eigenvalue weighted by Crippen LogP contribution is -2.15. The van der Waals surface area contributed by atoms with E-state index in [0.717, 1.165) is 17.3 Å². The van der Waals surface area contributed by atoms with Crippen LogP contribution in [0.2, 0.25) is 5.02 Å². The van der Waals surface area contributed by atoms with Crippen molar-refractivity contribution in [2.75, 3.05) is 11.6 Å². The van der Waals surface area contributed by atoms with Gasteiger partial charge in [0.1, 0.15) is 0 Å². The van der Waals surface area contributed by atoms with Gasteiger partial charge in [0.15, 0.2) is 0 Å². The fraction of sp³-hybridized carbons (Fsp3) is 0.300. The SMILES string of the molecule is CC1C=NN(c2ccc(Cl)cc2)C1. The Bertz CT molecular complexity index is 318. The first-order valence-corrected chi connectivity index (χ1v) is 4.71. The lowest BCUT2D eigenvalue weighted by Gasteiger charge is -2.14. The van der Waals surface area contributed by atoms with Crippen molar-refractivity contribution >= 4 is 23.5 Å². The second kappa shape index (κ2) is 3.38. The molecule has 2 rings (SSSR count). The maximum Gasteiger partial charge on any atom is 0.0595 e. The molecule has 0 N–H and O–H groups in total. The molecule has 0 saturated carbocycles. The van der Waals surface area contributed by atoms with Crippen molar-refractivity contribution in [3.8, 4) is 0 Å². The van der Waals surface area contributed by atoms with Crippen molar-refractivity contribution < 1.29 is 0 Å². The number of nitrogens with zero attached hydrogens (tertiary/aromatic N) is 2. The summed E-state index contributed by atoms with van der Waals surface area (Å²) >= 11 is 5.79. The number of anilines is 1. The Morgan fingerprint density at radius 3 is 2.62 bits per heavy atom. The lowest BCUT2D eigenvalue weighted by molar-refractivity contribution is 0.781. The Labute approximate surface area is 82.8 Å². The second-order valence-corrected chi connectivity index (χ2v) is 3.74. The molecule has 0 amide bonds. The van der Waals surface area contributed by atoms with Crippen LogP contribution in [0, 0.1) is 5.92 Å². The maximum atomic E-state index is 5.79. The third-order valence-corrected chi connectivity index (χ3v) is 2.30. The molecule has 1 aromatic carbocycles. The monoisotopic (exact) mass is 194 g/mol. The third-order valence-electron chi connectivity index (χ3n) is 2.05. The maximum absolute atomic E-state index is 5.79. The van der Waals surface area contributed by atoms with Gasteiger partial charge in [0.2, 0.25) is 0 Å². The average molecular weight is 195 g/mol. The topological polar surface area (TPSA) is 15.6 Å². The second-order valence-electron chi connectivity index (χ2n) is 3.30. The quantitative estimate of drug-likeness (QED) is 0.671. The molecule has 0 aliphatic carbocycles. The molecule has 0 fully saturated rings. The van der Waals surface area contributed by atoms with Crippen LogP contribution in [-0.2, 0) is 0 Å². The molecular weight excluding hydrogens is 184 g/mol. The molecular formula is C10H11ClN2. The van der Waals surface area contributed by atoms with Crippen LogP contribution < -0.4 is 5.01 Å². The molecule has 2 nitrogen and oxygen atoms in total. The zero-order valence-electron chi connectivity index (χ0n) is 7.44. The predicted molar refractivity (Wildman–Crippen MR) is 56.5 cm³/mol. The van der Waals surface area contributed by atoms with Crippen LogP contribution in [0.3, 0.4) is 0 Å². The summed E-state index contributed by atoms with van der Waals surface area (Å²) in [5, 5.41) is 7.03. The summed E-state index contributed by atoms with van der Waals surface area (Å²) in [5.41, 5.74) is 1.10. The number of halogens is 1. The Morgan fingerprint density at radius 2 is 2.08 bits per heavy atom. The van der Waals surface area contributed by atoms with Crippen LogP contribution in [0.5, 0.6) is 0 Å². The molecule has 0 saturated heterocycles. The molecule has 0 bridgehead atoms. The molecule has 13 heavy (non-hydrogen) atoms. The van der Waals surface area contributed by atoms with Crippen molar-refractivity contribution in [3.05, 3.63) is 29.3 Å². The highest BCUT2D eigenvalue weighted by molar-refractivity contribution is 6.30. The number of hydrogen-bond acceptors (Lipinski definition) is 2. The first-order valence-electron chi connectivity index (χ1n) is 4.33. The summed E-state index contributed by atoms with van der Waals surface area (Å²) < 4.78 is 0. The highest BCUT2D eigenvalue weighted by Gasteiger charge is 2.13. The number of hydrazone groups is 1. The van der Waals surface area contributed by atoms with Crippen molar-refractivity contribution in [2.45, 2.75) is 6.92 Å². The fourth-order valence-electron chi connectivity index (χ4n) is 1.35. The molecule has 0 aromatic heterocycles. The summed E-state index contributed by atoms with van der Waals surface area (Å²) in [5.74, 6) is 0.538. The minimum absolute atomic E-state index is 0.538. The fourth-order valence-corrected chi connectivity index (χ4v) is 1.47. The molecule has 3 heteroatoms. The lowest BCUT2D eigenvalue weighted by atomic mass is 10.2. The van der Waals surface area contributed by atoms with Gasteiger partial charge in [0, 0.05) is 23.7 Å². The summed E-state index contributed by atoms with van der Waals surface area (Å²) in [4.78, 5) is 0. The average Bonchev–Trinajstić information content (AvgIpc) is 2.53. The third kappa shape index (κ3) is 1.83. The zero-order valence-corrected chi connectivity index (χ0v) is 8.20. The first-order chi connectivity index (χ1) is 6.25. The first kappa shape index (κ1) is 8.57. The normalized spacial score (nSPS) is 21.1. The van der Waals surface area contributed by atoms with Gasteiger partial charge in [0.05, 0.1) is 5.69 Å². The van der Waals surface area contributed by atoms with Crippen molar-refractivity contribution in [2.24, 2.45) is 11.0 Å². The van der Waals surface area contributed by atoms with E-state index >= 15 is 0 Å². The van der Waals surface area contributed by atoms with Crippen molar-refractivity contribution in [1.82, 2.24) is 0 Å². The van der Waals surface area contributed by atoms with Crippen LogP contribution in [0.15, 0.2) is 29.4 Å². The number of hydrogen-bond donors (Lipinski definition) is 0. The standard InChI is InChI=1S/C10H11ClN2/c1-8-6-12-13(7-8)10-4-2-9(11)3-5-10/h2-6,8H,7H2,1H3. The van der Waals surface area contributed by atoms with Crippen LogP contribution in [0.1, 0.15) is 6.92 Å². The van der Waals surface area contributed by atoms with E-state index in [1.165, 1.54) is 0 Å². The number of rotatable bonds is 1. The summed E-state index contributed by atoms with van der Waals surface area (Å²) in [7, 11) is 0. The Balaban J connectivity index is 2.18. The summed E-state index contributed by atoms with van der Waals surface area (Å²) in [6.07, 6.45) is 1.97. The minimum Gasteiger partial charge on any atom is -0.265 e. The van der Waals surface area contributed by atoms with E-state index in [0.29, 0.717) is 5.92 Å². The van der Waals surface area contributed by atoms with E-state index in [-0.39, 0.29) is 0 Å². The van der Waals surface area contributed by atoms with Gasteiger partial charge in [-0.1, -0.05) is 18.5 Å². The van der Waals surface area contributed by atoms with Gasteiger partial charge in [-0.15, -0.1) is 0 Å². The largest absolute Gasteiger partial charge is 0.265 e. The van der Waals surface area contributed by atoms with Crippen LogP contribution in [-0.4, -0.2) is 12.8 Å². The van der Waals surface area contributed by atoms with Crippen molar-refractivity contribution in [1.29, 1.82) is 0 Å². The minimum atomic E-state index is 0.538. The molecule has 1 aromatic rings. The Hall–Kier alpha value is -1.02. The molecule has 1 unspecified atom stereocenters. The highest BCUT2D eigenvalue weighted by Crippen LogP contribution is 2.21. The Morgan fingerprint density at radius 1 is 1.38 bits per heavy atom. The van der Waals surface area contributed by atoms with Crippen LogP contribution in [0.25, 0.3) is 0 Å². The van der Waals surface area contributed by atoms with Crippen LogP contribution in [0.4, 0.5) is 5.69 Å². The highest BCUT2D eigenvalue weighted by atomic mass is 35.5.